The second-order valence-corrected chi connectivity index (χ2v) is 19.9. The highest BCUT2D eigenvalue weighted by atomic mass is 16.6. The monoisotopic (exact) mass is 977 g/mol. The lowest BCUT2D eigenvalue weighted by atomic mass is 10.0. The first-order valence-electron chi connectivity index (χ1n) is 29.9. The van der Waals surface area contributed by atoms with Crippen LogP contribution in [0.3, 0.4) is 0 Å². The quantitative estimate of drug-likeness (QED) is 0.0261. The van der Waals surface area contributed by atoms with Crippen molar-refractivity contribution in [1.82, 2.24) is 0 Å². The molecule has 0 radical (unpaired) electrons. The molecule has 1 atom stereocenters. The first-order valence-corrected chi connectivity index (χ1v) is 29.9. The van der Waals surface area contributed by atoms with Crippen molar-refractivity contribution < 1.29 is 28.6 Å². The fourth-order valence-electron chi connectivity index (χ4n) is 8.45. The van der Waals surface area contributed by atoms with Crippen molar-refractivity contribution in [3.63, 3.8) is 0 Å². The summed E-state index contributed by atoms with van der Waals surface area (Å²) in [5, 5.41) is 0. The summed E-state index contributed by atoms with van der Waals surface area (Å²) in [4.78, 5) is 38.2. The topological polar surface area (TPSA) is 78.9 Å². The second-order valence-electron chi connectivity index (χ2n) is 19.9. The Hall–Kier alpha value is -3.15. The van der Waals surface area contributed by atoms with E-state index >= 15 is 0 Å². The van der Waals surface area contributed by atoms with E-state index in [0.717, 1.165) is 103 Å². The van der Waals surface area contributed by atoms with Crippen LogP contribution < -0.4 is 0 Å². The SMILES string of the molecule is CC/C=C\C/C=C\C/C=C\C/C=C\CCCCC(=O)OC(COC(=O)CCCCCCC/C=C\C/C=C\CCCC)COC(=O)CCCCCCCCCCCCCCCCCCCCCCCCC. The van der Waals surface area contributed by atoms with E-state index in [-0.39, 0.29) is 37.5 Å². The zero-order chi connectivity index (χ0) is 50.7. The molecule has 0 saturated heterocycles. The third kappa shape index (κ3) is 55.8. The Balaban J connectivity index is 4.33. The summed E-state index contributed by atoms with van der Waals surface area (Å²) in [5.41, 5.74) is 0. The summed E-state index contributed by atoms with van der Waals surface area (Å²) in [7, 11) is 0. The van der Waals surface area contributed by atoms with Gasteiger partial charge >= 0.3 is 17.9 Å². The molecule has 0 heterocycles. The molecule has 0 bridgehead atoms. The van der Waals surface area contributed by atoms with Crippen LogP contribution in [0.5, 0.6) is 0 Å². The number of carbonyl (C=O) groups is 3. The minimum Gasteiger partial charge on any atom is -0.462 e. The molecule has 0 aromatic rings. The molecule has 6 nitrogen and oxygen atoms in total. The van der Waals surface area contributed by atoms with Gasteiger partial charge in [0.05, 0.1) is 0 Å². The fourth-order valence-corrected chi connectivity index (χ4v) is 8.45. The highest BCUT2D eigenvalue weighted by Gasteiger charge is 2.19. The predicted octanol–water partition coefficient (Wildman–Crippen LogP) is 20.2. The number of unbranched alkanes of at least 4 members (excludes halogenated alkanes) is 31. The summed E-state index contributed by atoms with van der Waals surface area (Å²) in [6, 6.07) is 0. The molecule has 0 aliphatic heterocycles. The molecule has 6 heteroatoms. The second kappa shape index (κ2) is 58.4. The van der Waals surface area contributed by atoms with Gasteiger partial charge in [0.25, 0.3) is 0 Å². The van der Waals surface area contributed by atoms with E-state index in [0.29, 0.717) is 19.3 Å². The van der Waals surface area contributed by atoms with Gasteiger partial charge in [0, 0.05) is 19.3 Å². The largest absolute Gasteiger partial charge is 0.462 e. The van der Waals surface area contributed by atoms with Crippen molar-refractivity contribution in [2.75, 3.05) is 13.2 Å². The average Bonchev–Trinajstić information content (AvgIpc) is 3.36. The lowest BCUT2D eigenvalue weighted by Gasteiger charge is -2.18. The van der Waals surface area contributed by atoms with Crippen LogP contribution in [0.1, 0.15) is 297 Å². The summed E-state index contributed by atoms with van der Waals surface area (Å²) < 4.78 is 16.8. The van der Waals surface area contributed by atoms with E-state index in [1.807, 2.05) is 0 Å². The van der Waals surface area contributed by atoms with E-state index < -0.39 is 6.10 Å². The lowest BCUT2D eigenvalue weighted by molar-refractivity contribution is -0.167. The van der Waals surface area contributed by atoms with E-state index in [4.69, 9.17) is 14.2 Å². The Morgan fingerprint density at radius 2 is 0.571 bits per heavy atom. The number of allylic oxidation sites excluding steroid dienone is 12. The number of rotatable bonds is 54. The highest BCUT2D eigenvalue weighted by Crippen LogP contribution is 2.17. The van der Waals surface area contributed by atoms with Gasteiger partial charge in [0.2, 0.25) is 0 Å². The van der Waals surface area contributed by atoms with Gasteiger partial charge in [-0.05, 0) is 83.5 Å². The summed E-state index contributed by atoms with van der Waals surface area (Å²) in [6.07, 6.45) is 74.8. The van der Waals surface area contributed by atoms with Crippen molar-refractivity contribution in [3.8, 4) is 0 Å². The van der Waals surface area contributed by atoms with Crippen molar-refractivity contribution in [2.45, 2.75) is 303 Å². The first-order chi connectivity index (χ1) is 34.5. The number of hydrogen-bond donors (Lipinski definition) is 0. The molecule has 70 heavy (non-hydrogen) atoms. The van der Waals surface area contributed by atoms with Crippen molar-refractivity contribution >= 4 is 17.9 Å². The zero-order valence-corrected chi connectivity index (χ0v) is 46.3. The van der Waals surface area contributed by atoms with E-state index in [1.165, 1.54) is 148 Å². The van der Waals surface area contributed by atoms with Crippen molar-refractivity contribution in [1.29, 1.82) is 0 Å². The van der Waals surface area contributed by atoms with Gasteiger partial charge in [-0.15, -0.1) is 0 Å². The maximum atomic E-state index is 12.8. The first kappa shape index (κ1) is 66.9. The standard InChI is InChI=1S/C64H112O6/c1-4-7-10-13-16-19-22-25-28-29-30-31-32-33-34-35-37-39-42-45-48-51-54-57-63(66)69-60-61(59-68-62(65)56-53-50-47-44-41-38-27-24-21-18-15-12-9-6-3)70-64(67)58-55-52-49-46-43-40-36-26-23-20-17-14-11-8-5-2/h8,11,15,17-18,20,24,26-27,36,43,46,61H,4-7,9-10,12-14,16,19,21-23,25,28-35,37-42,44-45,47-60H2,1-3H3/b11-8-,18-15-,20-17-,27-24-,36-26-,46-43-. The van der Waals surface area contributed by atoms with Gasteiger partial charge in [-0.25, -0.2) is 0 Å². The average molecular weight is 978 g/mol. The van der Waals surface area contributed by atoms with Gasteiger partial charge in [0.15, 0.2) is 6.10 Å². The van der Waals surface area contributed by atoms with Crippen LogP contribution in [0, 0.1) is 0 Å². The van der Waals surface area contributed by atoms with Crippen molar-refractivity contribution in [2.24, 2.45) is 0 Å². The molecule has 0 aromatic heterocycles. The van der Waals surface area contributed by atoms with Crippen LogP contribution >= 0.6 is 0 Å². The Bertz CT molecular complexity index is 1310. The van der Waals surface area contributed by atoms with Crippen LogP contribution in [-0.2, 0) is 28.6 Å². The Labute approximate surface area is 433 Å². The van der Waals surface area contributed by atoms with Gasteiger partial charge in [0.1, 0.15) is 13.2 Å². The van der Waals surface area contributed by atoms with Gasteiger partial charge in [-0.2, -0.15) is 0 Å². The molecule has 1 unspecified atom stereocenters. The van der Waals surface area contributed by atoms with E-state index in [1.54, 1.807) is 0 Å². The van der Waals surface area contributed by atoms with E-state index in [9.17, 15) is 14.4 Å². The molecule has 0 spiro atoms. The Morgan fingerprint density at radius 3 is 0.943 bits per heavy atom. The molecule has 0 saturated carbocycles. The van der Waals surface area contributed by atoms with Crippen LogP contribution in [-0.4, -0.2) is 37.2 Å². The van der Waals surface area contributed by atoms with Crippen LogP contribution in [0.4, 0.5) is 0 Å². The molecular formula is C64H112O6. The van der Waals surface area contributed by atoms with Gasteiger partial charge < -0.3 is 14.2 Å². The lowest BCUT2D eigenvalue weighted by Crippen LogP contribution is -2.30. The molecule has 0 aliphatic rings. The Kier molecular flexibility index (Phi) is 55.8. The molecule has 0 aliphatic carbocycles. The molecular weight excluding hydrogens is 865 g/mol. The Morgan fingerprint density at radius 1 is 0.300 bits per heavy atom. The molecule has 0 amide bonds. The minimum atomic E-state index is -0.802. The zero-order valence-electron chi connectivity index (χ0n) is 46.3. The third-order valence-electron chi connectivity index (χ3n) is 12.9. The molecule has 0 fully saturated rings. The number of esters is 3. The maximum Gasteiger partial charge on any atom is 0.306 e. The minimum absolute atomic E-state index is 0.0945. The smallest absolute Gasteiger partial charge is 0.306 e. The molecule has 0 aromatic carbocycles. The van der Waals surface area contributed by atoms with Crippen LogP contribution in [0.25, 0.3) is 0 Å². The highest BCUT2D eigenvalue weighted by molar-refractivity contribution is 5.71. The molecule has 0 N–H and O–H groups in total. The predicted molar refractivity (Wildman–Crippen MR) is 302 cm³/mol. The van der Waals surface area contributed by atoms with Crippen LogP contribution in [0.15, 0.2) is 72.9 Å². The number of carbonyl (C=O) groups excluding carboxylic acids is 3. The normalized spacial score (nSPS) is 12.6. The summed E-state index contributed by atoms with van der Waals surface area (Å²) >= 11 is 0. The van der Waals surface area contributed by atoms with Gasteiger partial charge in [-0.3, -0.25) is 14.4 Å². The fraction of sp³-hybridized carbons (Fsp3) is 0.766. The summed E-state index contributed by atoms with van der Waals surface area (Å²) in [6.45, 7) is 6.47. The molecule has 404 valence electrons. The summed E-state index contributed by atoms with van der Waals surface area (Å²) in [5.74, 6) is -0.941. The van der Waals surface area contributed by atoms with Crippen LogP contribution in [0.2, 0.25) is 0 Å². The number of hydrogen-bond acceptors (Lipinski definition) is 6. The number of ether oxygens (including phenoxy) is 3. The molecule has 0 rings (SSSR count). The van der Waals surface area contributed by atoms with Gasteiger partial charge in [-0.1, -0.05) is 267 Å². The van der Waals surface area contributed by atoms with Crippen molar-refractivity contribution in [3.05, 3.63) is 72.9 Å². The third-order valence-corrected chi connectivity index (χ3v) is 12.9. The maximum absolute atomic E-state index is 12.8. The van der Waals surface area contributed by atoms with E-state index in [2.05, 4.69) is 93.7 Å².